The van der Waals surface area contributed by atoms with Gasteiger partial charge in [-0.2, -0.15) is 0 Å². The number of phenols is 3. The van der Waals surface area contributed by atoms with Gasteiger partial charge in [0.05, 0.1) is 10.6 Å². The first-order valence-electron chi connectivity index (χ1n) is 2.96. The summed E-state index contributed by atoms with van der Waals surface area (Å²) in [5.74, 6) is -2.03. The van der Waals surface area contributed by atoms with Gasteiger partial charge in [0, 0.05) is 6.07 Å². The molecule has 1 aromatic rings. The lowest BCUT2D eigenvalue weighted by Crippen LogP contribution is -1.84. The van der Waals surface area contributed by atoms with Crippen molar-refractivity contribution in [2.75, 3.05) is 0 Å². The number of halogens is 1. The Morgan fingerprint density at radius 2 is 1.83 bits per heavy atom. The zero-order chi connectivity index (χ0) is 9.30. The maximum absolute atomic E-state index is 10.3. The largest absolute Gasteiger partial charge is 0.504 e. The number of phenolic OH excluding ortho intramolecular Hbond substituents is 3. The van der Waals surface area contributed by atoms with E-state index in [9.17, 15) is 4.79 Å². The predicted molar refractivity (Wildman–Crippen MR) is 41.8 cm³/mol. The highest BCUT2D eigenvalue weighted by Crippen LogP contribution is 2.40. The quantitative estimate of drug-likeness (QED) is 0.458. The second-order valence-electron chi connectivity index (χ2n) is 2.11. The van der Waals surface area contributed by atoms with Gasteiger partial charge < -0.3 is 15.3 Å². The van der Waals surface area contributed by atoms with E-state index in [0.717, 1.165) is 6.07 Å². The molecule has 0 aliphatic heterocycles. The van der Waals surface area contributed by atoms with Crippen molar-refractivity contribution < 1.29 is 20.1 Å². The summed E-state index contributed by atoms with van der Waals surface area (Å²) >= 11 is 5.44. The van der Waals surface area contributed by atoms with Crippen LogP contribution in [0.3, 0.4) is 0 Å². The molecule has 0 amide bonds. The number of carbonyl (C=O) groups is 1. The molecule has 0 aliphatic rings. The fourth-order valence-electron chi connectivity index (χ4n) is 0.740. The molecule has 0 atom stereocenters. The fraction of sp³-hybridized carbons (Fsp3) is 0. The van der Waals surface area contributed by atoms with E-state index < -0.39 is 17.2 Å². The van der Waals surface area contributed by atoms with Gasteiger partial charge in [0.2, 0.25) is 5.75 Å². The molecule has 1 rings (SSSR count). The van der Waals surface area contributed by atoms with Crippen molar-refractivity contribution in [3.8, 4) is 17.2 Å². The third kappa shape index (κ3) is 1.16. The first kappa shape index (κ1) is 8.67. The van der Waals surface area contributed by atoms with Gasteiger partial charge >= 0.3 is 0 Å². The summed E-state index contributed by atoms with van der Waals surface area (Å²) in [7, 11) is 0. The molecule has 5 heteroatoms. The zero-order valence-electron chi connectivity index (χ0n) is 5.78. The van der Waals surface area contributed by atoms with E-state index >= 15 is 0 Å². The van der Waals surface area contributed by atoms with E-state index in [1.54, 1.807) is 0 Å². The van der Waals surface area contributed by atoms with Gasteiger partial charge in [0.15, 0.2) is 17.8 Å². The Balaban J connectivity index is 3.51. The molecule has 0 heterocycles. The highest BCUT2D eigenvalue weighted by molar-refractivity contribution is 6.33. The van der Waals surface area contributed by atoms with E-state index in [2.05, 4.69) is 0 Å². The Kier molecular flexibility index (Phi) is 2.10. The van der Waals surface area contributed by atoms with E-state index in [1.165, 1.54) is 0 Å². The average molecular weight is 189 g/mol. The van der Waals surface area contributed by atoms with Gasteiger partial charge in [0.25, 0.3) is 0 Å². The van der Waals surface area contributed by atoms with Crippen LogP contribution in [0.2, 0.25) is 5.02 Å². The minimum atomic E-state index is -0.749. The predicted octanol–water partition coefficient (Wildman–Crippen LogP) is 1.27. The van der Waals surface area contributed by atoms with Crippen LogP contribution in [0.5, 0.6) is 17.2 Å². The molecule has 0 aliphatic carbocycles. The second kappa shape index (κ2) is 2.91. The lowest BCUT2D eigenvalue weighted by molar-refractivity contribution is 0.112. The van der Waals surface area contributed by atoms with Gasteiger partial charge in [-0.1, -0.05) is 11.6 Å². The molecule has 3 N–H and O–H groups in total. The van der Waals surface area contributed by atoms with Crippen molar-refractivity contribution in [1.29, 1.82) is 0 Å². The monoisotopic (exact) mass is 188 g/mol. The number of benzene rings is 1. The summed E-state index contributed by atoms with van der Waals surface area (Å²) < 4.78 is 0. The standard InChI is InChI=1S/C7H5ClO4/c8-4-1-5(10)7(12)6(11)3(4)2-9/h1-2,10-12H. The van der Waals surface area contributed by atoms with Crippen LogP contribution in [0.25, 0.3) is 0 Å². The van der Waals surface area contributed by atoms with Gasteiger partial charge in [-0.05, 0) is 0 Å². The summed E-state index contributed by atoms with van der Waals surface area (Å²) in [6.07, 6.45) is 0.289. The van der Waals surface area contributed by atoms with E-state index in [-0.39, 0.29) is 16.9 Å². The number of rotatable bonds is 1. The number of aldehydes is 1. The lowest BCUT2D eigenvalue weighted by atomic mass is 10.2. The highest BCUT2D eigenvalue weighted by atomic mass is 35.5. The molecule has 0 radical (unpaired) electrons. The third-order valence-electron chi connectivity index (χ3n) is 1.36. The topological polar surface area (TPSA) is 77.8 Å². The molecule has 0 bridgehead atoms. The fourth-order valence-corrected chi connectivity index (χ4v) is 0.978. The summed E-state index contributed by atoms with van der Waals surface area (Å²) in [5, 5.41) is 26.7. The van der Waals surface area contributed by atoms with Crippen LogP contribution in [-0.4, -0.2) is 21.6 Å². The molecule has 1 aromatic carbocycles. The molecular formula is C7H5ClO4. The molecule has 4 nitrogen and oxygen atoms in total. The molecule has 0 unspecified atom stereocenters. The summed E-state index contributed by atoms with van der Waals surface area (Å²) in [6.45, 7) is 0. The molecule has 0 saturated carbocycles. The van der Waals surface area contributed by atoms with Crippen molar-refractivity contribution in [1.82, 2.24) is 0 Å². The van der Waals surface area contributed by atoms with Gasteiger partial charge in [-0.15, -0.1) is 0 Å². The maximum atomic E-state index is 10.3. The van der Waals surface area contributed by atoms with Gasteiger partial charge in [0.1, 0.15) is 0 Å². The maximum Gasteiger partial charge on any atom is 0.201 e. The Morgan fingerprint density at radius 3 is 2.33 bits per heavy atom. The highest BCUT2D eigenvalue weighted by Gasteiger charge is 2.14. The van der Waals surface area contributed by atoms with Gasteiger partial charge in [-0.3, -0.25) is 4.79 Å². The van der Waals surface area contributed by atoms with Crippen LogP contribution in [0.1, 0.15) is 10.4 Å². The van der Waals surface area contributed by atoms with Gasteiger partial charge in [-0.25, -0.2) is 0 Å². The molecule has 64 valence electrons. The van der Waals surface area contributed by atoms with Crippen LogP contribution in [0.15, 0.2) is 6.07 Å². The molecule has 0 aromatic heterocycles. The van der Waals surface area contributed by atoms with Crippen molar-refractivity contribution in [3.63, 3.8) is 0 Å². The molecule has 0 fully saturated rings. The summed E-state index contributed by atoms with van der Waals surface area (Å²) in [5.41, 5.74) is -0.244. The second-order valence-corrected chi connectivity index (χ2v) is 2.51. The summed E-state index contributed by atoms with van der Waals surface area (Å²) in [4.78, 5) is 10.3. The Hall–Kier alpha value is -1.42. The minimum absolute atomic E-state index is 0.113. The molecular weight excluding hydrogens is 184 g/mol. The first-order valence-corrected chi connectivity index (χ1v) is 3.34. The van der Waals surface area contributed by atoms with Crippen LogP contribution in [0.4, 0.5) is 0 Å². The van der Waals surface area contributed by atoms with Crippen molar-refractivity contribution in [2.45, 2.75) is 0 Å². The zero-order valence-corrected chi connectivity index (χ0v) is 6.54. The molecule has 12 heavy (non-hydrogen) atoms. The Bertz CT molecular complexity index is 335. The van der Waals surface area contributed by atoms with Crippen molar-refractivity contribution in [2.24, 2.45) is 0 Å². The SMILES string of the molecule is O=Cc1c(Cl)cc(O)c(O)c1O. The Morgan fingerprint density at radius 1 is 1.25 bits per heavy atom. The average Bonchev–Trinajstić information content (AvgIpc) is 2.01. The van der Waals surface area contributed by atoms with Crippen molar-refractivity contribution in [3.05, 3.63) is 16.7 Å². The number of carbonyl (C=O) groups excluding carboxylic acids is 1. The van der Waals surface area contributed by atoms with E-state index in [4.69, 9.17) is 26.9 Å². The third-order valence-corrected chi connectivity index (χ3v) is 1.67. The van der Waals surface area contributed by atoms with Crippen molar-refractivity contribution >= 4 is 17.9 Å². The first-order chi connectivity index (χ1) is 5.57. The number of aromatic hydroxyl groups is 3. The van der Waals surface area contributed by atoms with E-state index in [0.29, 0.717) is 0 Å². The summed E-state index contributed by atoms with van der Waals surface area (Å²) in [6, 6.07) is 0.973. The minimum Gasteiger partial charge on any atom is -0.504 e. The smallest absolute Gasteiger partial charge is 0.201 e. The molecule has 0 saturated heterocycles. The van der Waals surface area contributed by atoms with E-state index in [1.807, 2.05) is 0 Å². The Labute approximate surface area is 72.6 Å². The van der Waals surface area contributed by atoms with Crippen LogP contribution in [-0.2, 0) is 0 Å². The number of hydrogen-bond acceptors (Lipinski definition) is 4. The van der Waals surface area contributed by atoms with Crippen LogP contribution < -0.4 is 0 Å². The normalized spacial score (nSPS) is 9.75. The van der Waals surface area contributed by atoms with Crippen LogP contribution in [0, 0.1) is 0 Å². The van der Waals surface area contributed by atoms with Crippen LogP contribution >= 0.6 is 11.6 Å². The number of hydrogen-bond donors (Lipinski definition) is 3. The molecule has 0 spiro atoms. The lowest BCUT2D eigenvalue weighted by Gasteiger charge is -2.04.